The third-order valence-electron chi connectivity index (χ3n) is 4.47. The van der Waals surface area contributed by atoms with E-state index in [1.54, 1.807) is 0 Å². The minimum Gasteiger partial charge on any atom is -0.312 e. The molecule has 0 spiro atoms. The van der Waals surface area contributed by atoms with E-state index in [1.807, 2.05) is 11.3 Å². The molecule has 2 rings (SSSR count). The van der Waals surface area contributed by atoms with Crippen LogP contribution in [0.25, 0.3) is 0 Å². The van der Waals surface area contributed by atoms with Crippen molar-refractivity contribution in [3.05, 3.63) is 16.1 Å². The lowest BCUT2D eigenvalue weighted by atomic mass is 9.91. The van der Waals surface area contributed by atoms with Gasteiger partial charge in [0.1, 0.15) is 0 Å². The Morgan fingerprint density at radius 1 is 1.14 bits per heavy atom. The molecular formula is C18H32N2S. The summed E-state index contributed by atoms with van der Waals surface area (Å²) in [5, 5.41) is 7.29. The van der Waals surface area contributed by atoms with Crippen LogP contribution >= 0.6 is 11.3 Å². The molecule has 21 heavy (non-hydrogen) atoms. The van der Waals surface area contributed by atoms with E-state index in [0.717, 1.165) is 18.4 Å². The molecule has 2 unspecified atom stereocenters. The van der Waals surface area contributed by atoms with E-state index in [2.05, 4.69) is 52.2 Å². The van der Waals surface area contributed by atoms with Crippen molar-refractivity contribution in [2.45, 2.75) is 78.2 Å². The Bertz CT molecular complexity index is 451. The third kappa shape index (κ3) is 5.07. The summed E-state index contributed by atoms with van der Waals surface area (Å²) in [5.41, 5.74) is 1.66. The van der Waals surface area contributed by atoms with Gasteiger partial charge in [-0.25, -0.2) is 4.98 Å². The summed E-state index contributed by atoms with van der Waals surface area (Å²) in [5.74, 6) is 1.64. The fourth-order valence-electron chi connectivity index (χ4n) is 3.06. The first-order valence-corrected chi connectivity index (χ1v) is 9.23. The van der Waals surface area contributed by atoms with Gasteiger partial charge in [0.2, 0.25) is 0 Å². The van der Waals surface area contributed by atoms with Crippen LogP contribution in [0.15, 0.2) is 5.38 Å². The molecular weight excluding hydrogens is 276 g/mol. The smallest absolute Gasteiger partial charge is 0.0931 e. The minimum atomic E-state index is 0.178. The van der Waals surface area contributed by atoms with Gasteiger partial charge < -0.3 is 5.32 Å². The van der Waals surface area contributed by atoms with Gasteiger partial charge in [-0.15, -0.1) is 11.3 Å². The largest absolute Gasteiger partial charge is 0.312 e. The number of rotatable bonds is 4. The number of thiazole rings is 1. The van der Waals surface area contributed by atoms with E-state index < -0.39 is 0 Å². The highest BCUT2D eigenvalue weighted by atomic mass is 32.1. The maximum atomic E-state index is 4.89. The molecule has 0 aromatic carbocycles. The first-order valence-electron chi connectivity index (χ1n) is 8.35. The van der Waals surface area contributed by atoms with Crippen LogP contribution in [0.1, 0.15) is 71.5 Å². The second-order valence-electron chi connectivity index (χ2n) is 8.66. The lowest BCUT2D eigenvalue weighted by molar-refractivity contribution is 0.317. The monoisotopic (exact) mass is 308 g/mol. The molecule has 1 aliphatic carbocycles. The molecule has 1 aromatic rings. The predicted molar refractivity (Wildman–Crippen MR) is 93.1 cm³/mol. The average molecular weight is 309 g/mol. The highest BCUT2D eigenvalue weighted by Crippen LogP contribution is 2.35. The van der Waals surface area contributed by atoms with Gasteiger partial charge >= 0.3 is 0 Å². The van der Waals surface area contributed by atoms with E-state index in [1.165, 1.54) is 36.4 Å². The molecule has 1 fully saturated rings. The molecule has 0 saturated heterocycles. The number of nitrogens with one attached hydrogen (secondary N) is 1. The van der Waals surface area contributed by atoms with Gasteiger partial charge in [-0.05, 0) is 52.0 Å². The van der Waals surface area contributed by atoms with Crippen LogP contribution in [-0.2, 0) is 11.8 Å². The Balaban J connectivity index is 1.93. The maximum absolute atomic E-state index is 4.89. The summed E-state index contributed by atoms with van der Waals surface area (Å²) in [6.07, 6.45) is 5.32. The van der Waals surface area contributed by atoms with Gasteiger partial charge in [-0.2, -0.15) is 0 Å². The summed E-state index contributed by atoms with van der Waals surface area (Å²) in [7, 11) is 0. The van der Waals surface area contributed by atoms with Gasteiger partial charge in [0, 0.05) is 22.8 Å². The number of nitrogens with zero attached hydrogens (tertiary/aromatic N) is 1. The SMILES string of the molecule is CC(C)(C)NCC1CCCC1Cc1nc(C(C)(C)C)cs1. The van der Waals surface area contributed by atoms with Crippen LogP contribution in [0.5, 0.6) is 0 Å². The van der Waals surface area contributed by atoms with Gasteiger partial charge in [-0.3, -0.25) is 0 Å². The molecule has 120 valence electrons. The van der Waals surface area contributed by atoms with Gasteiger partial charge in [-0.1, -0.05) is 27.2 Å². The van der Waals surface area contributed by atoms with Crippen LogP contribution < -0.4 is 5.32 Å². The Kier molecular flexibility index (Phi) is 5.15. The molecule has 2 nitrogen and oxygen atoms in total. The summed E-state index contributed by atoms with van der Waals surface area (Å²) in [6.45, 7) is 14.7. The second-order valence-corrected chi connectivity index (χ2v) is 9.61. The Hall–Kier alpha value is -0.410. The quantitative estimate of drug-likeness (QED) is 0.865. The molecule has 0 aliphatic heterocycles. The Labute approximate surface area is 134 Å². The van der Waals surface area contributed by atoms with Crippen molar-refractivity contribution in [3.63, 3.8) is 0 Å². The van der Waals surface area contributed by atoms with Crippen molar-refractivity contribution in [1.82, 2.24) is 10.3 Å². The van der Waals surface area contributed by atoms with Crippen LogP contribution in [-0.4, -0.2) is 17.1 Å². The summed E-state index contributed by atoms with van der Waals surface area (Å²) < 4.78 is 0. The molecule has 1 aromatic heterocycles. The normalized spacial score (nSPS) is 23.7. The van der Waals surface area contributed by atoms with Gasteiger partial charge in [0.25, 0.3) is 0 Å². The van der Waals surface area contributed by atoms with Crippen molar-refractivity contribution in [2.75, 3.05) is 6.54 Å². The topological polar surface area (TPSA) is 24.9 Å². The first-order chi connectivity index (χ1) is 9.65. The summed E-state index contributed by atoms with van der Waals surface area (Å²) in [6, 6.07) is 0. The first kappa shape index (κ1) is 17.0. The average Bonchev–Trinajstić information content (AvgIpc) is 2.94. The molecule has 2 atom stereocenters. The second kappa shape index (κ2) is 6.37. The lowest BCUT2D eigenvalue weighted by Gasteiger charge is -2.26. The van der Waals surface area contributed by atoms with Gasteiger partial charge in [0.15, 0.2) is 0 Å². The fourth-order valence-corrected chi connectivity index (χ4v) is 4.18. The number of hydrogen-bond acceptors (Lipinski definition) is 3. The van der Waals surface area contributed by atoms with Gasteiger partial charge in [0.05, 0.1) is 10.7 Å². The summed E-state index contributed by atoms with van der Waals surface area (Å²) in [4.78, 5) is 4.89. The highest BCUT2D eigenvalue weighted by molar-refractivity contribution is 7.09. The zero-order valence-corrected chi connectivity index (χ0v) is 15.4. The highest BCUT2D eigenvalue weighted by Gasteiger charge is 2.29. The van der Waals surface area contributed by atoms with Crippen molar-refractivity contribution in [3.8, 4) is 0 Å². The van der Waals surface area contributed by atoms with Crippen LogP contribution in [0.3, 0.4) is 0 Å². The molecule has 1 heterocycles. The van der Waals surface area contributed by atoms with Crippen molar-refractivity contribution >= 4 is 11.3 Å². The van der Waals surface area contributed by atoms with E-state index in [9.17, 15) is 0 Å². The molecule has 1 saturated carbocycles. The molecule has 1 N–H and O–H groups in total. The molecule has 1 aliphatic rings. The lowest BCUT2D eigenvalue weighted by Crippen LogP contribution is -2.40. The predicted octanol–water partition coefficient (Wildman–Crippen LogP) is 4.79. The fraction of sp³-hybridized carbons (Fsp3) is 0.833. The zero-order chi connectivity index (χ0) is 15.7. The van der Waals surface area contributed by atoms with Crippen molar-refractivity contribution in [1.29, 1.82) is 0 Å². The van der Waals surface area contributed by atoms with E-state index >= 15 is 0 Å². The van der Waals surface area contributed by atoms with Crippen LogP contribution in [0, 0.1) is 11.8 Å². The van der Waals surface area contributed by atoms with E-state index in [0.29, 0.717) is 0 Å². The number of hydrogen-bond donors (Lipinski definition) is 1. The van der Waals surface area contributed by atoms with Crippen molar-refractivity contribution < 1.29 is 0 Å². The van der Waals surface area contributed by atoms with Crippen LogP contribution in [0.2, 0.25) is 0 Å². The zero-order valence-electron chi connectivity index (χ0n) is 14.6. The minimum absolute atomic E-state index is 0.178. The van der Waals surface area contributed by atoms with E-state index in [4.69, 9.17) is 4.98 Å². The standard InChI is InChI=1S/C18H32N2S/c1-17(2,3)15-12-21-16(20-15)10-13-8-7-9-14(13)11-19-18(4,5)6/h12-14,19H,7-11H2,1-6H3. The van der Waals surface area contributed by atoms with Crippen molar-refractivity contribution in [2.24, 2.45) is 11.8 Å². The Morgan fingerprint density at radius 3 is 2.38 bits per heavy atom. The Morgan fingerprint density at radius 2 is 1.81 bits per heavy atom. The number of aromatic nitrogens is 1. The summed E-state index contributed by atoms with van der Waals surface area (Å²) >= 11 is 1.86. The molecule has 0 radical (unpaired) electrons. The third-order valence-corrected chi connectivity index (χ3v) is 5.34. The molecule has 0 bridgehead atoms. The van der Waals surface area contributed by atoms with Crippen LogP contribution in [0.4, 0.5) is 0 Å². The molecule has 0 amide bonds. The maximum Gasteiger partial charge on any atom is 0.0931 e. The molecule has 3 heteroatoms. The van der Waals surface area contributed by atoms with E-state index in [-0.39, 0.29) is 11.0 Å².